The molecule has 3 aliphatic rings. The highest BCUT2D eigenvalue weighted by molar-refractivity contribution is 5.39. The first-order chi connectivity index (χ1) is 14.4. The summed E-state index contributed by atoms with van der Waals surface area (Å²) in [6.07, 6.45) is 2.47. The molecule has 0 radical (unpaired) electrons. The Bertz CT molecular complexity index is 920. The number of halogens is 2. The minimum atomic E-state index is -2.58. The SMILES string of the molecule is Cc1noc(C)c1CN1CC[C@@]2(COCc3cnc(N4CCC(F)(F)CC4)nc32)C1. The molecule has 0 aromatic carbocycles. The van der Waals surface area contributed by atoms with Gasteiger partial charge in [-0.2, -0.15) is 0 Å². The molecule has 3 aliphatic heterocycles. The number of alkyl halides is 2. The Hall–Kier alpha value is -2.13. The van der Waals surface area contributed by atoms with Crippen LogP contribution in [-0.2, 0) is 23.3 Å². The predicted molar refractivity (Wildman–Crippen MR) is 106 cm³/mol. The van der Waals surface area contributed by atoms with E-state index in [1.54, 1.807) is 0 Å². The Balaban J connectivity index is 1.38. The summed E-state index contributed by atoms with van der Waals surface area (Å²) in [6, 6.07) is 0. The lowest BCUT2D eigenvalue weighted by Crippen LogP contribution is -2.43. The number of hydrogen-bond donors (Lipinski definition) is 0. The number of anilines is 1. The van der Waals surface area contributed by atoms with Gasteiger partial charge in [0.1, 0.15) is 5.76 Å². The summed E-state index contributed by atoms with van der Waals surface area (Å²) in [5.74, 6) is -1.15. The van der Waals surface area contributed by atoms with Gasteiger partial charge in [0.15, 0.2) is 0 Å². The van der Waals surface area contributed by atoms with Crippen molar-refractivity contribution in [2.45, 2.75) is 57.6 Å². The van der Waals surface area contributed by atoms with Crippen LogP contribution in [0.5, 0.6) is 0 Å². The molecule has 0 saturated carbocycles. The molecule has 9 heteroatoms. The molecule has 2 saturated heterocycles. The fourth-order valence-electron chi connectivity index (χ4n) is 4.93. The second-order valence-electron chi connectivity index (χ2n) is 8.92. The average molecular weight is 419 g/mol. The standard InChI is InChI=1S/C21H27F2N5O2/c1-14-17(15(2)30-26-14)10-27-6-3-20(12-27)13-29-11-16-9-24-19(25-18(16)20)28-7-4-21(22,23)5-8-28/h9H,3-8,10-13H2,1-2H3/t20-/m0/s1. The Labute approximate surface area is 174 Å². The minimum absolute atomic E-state index is 0.146. The maximum atomic E-state index is 13.6. The van der Waals surface area contributed by atoms with Crippen molar-refractivity contribution in [1.29, 1.82) is 0 Å². The van der Waals surface area contributed by atoms with E-state index in [1.807, 2.05) is 24.9 Å². The molecule has 0 N–H and O–H groups in total. The predicted octanol–water partition coefficient (Wildman–Crippen LogP) is 2.99. The van der Waals surface area contributed by atoms with Crippen molar-refractivity contribution in [3.05, 3.63) is 34.5 Å². The van der Waals surface area contributed by atoms with Crippen LogP contribution in [0.25, 0.3) is 0 Å². The number of hydrogen-bond acceptors (Lipinski definition) is 7. The number of aromatic nitrogens is 3. The number of aryl methyl sites for hydroxylation is 2. The average Bonchev–Trinajstić information content (AvgIpc) is 3.27. The summed E-state index contributed by atoms with van der Waals surface area (Å²) in [7, 11) is 0. The van der Waals surface area contributed by atoms with Crippen molar-refractivity contribution >= 4 is 5.95 Å². The zero-order chi connectivity index (χ0) is 20.9. The van der Waals surface area contributed by atoms with E-state index in [1.165, 1.54) is 0 Å². The summed E-state index contributed by atoms with van der Waals surface area (Å²) >= 11 is 0. The van der Waals surface area contributed by atoms with Crippen LogP contribution in [0.2, 0.25) is 0 Å². The van der Waals surface area contributed by atoms with Crippen LogP contribution < -0.4 is 4.90 Å². The molecule has 30 heavy (non-hydrogen) atoms. The Morgan fingerprint density at radius 3 is 2.67 bits per heavy atom. The first kappa shape index (κ1) is 19.8. The summed E-state index contributed by atoms with van der Waals surface area (Å²) in [5, 5.41) is 4.07. The van der Waals surface area contributed by atoms with Gasteiger partial charge in [-0.1, -0.05) is 5.16 Å². The molecule has 2 fully saturated rings. The van der Waals surface area contributed by atoms with Gasteiger partial charge in [-0.3, -0.25) is 4.90 Å². The molecule has 5 heterocycles. The van der Waals surface area contributed by atoms with Crippen LogP contribution in [0, 0.1) is 13.8 Å². The van der Waals surface area contributed by atoms with Crippen molar-refractivity contribution in [2.24, 2.45) is 0 Å². The first-order valence-electron chi connectivity index (χ1n) is 10.6. The van der Waals surface area contributed by atoms with Crippen LogP contribution in [-0.4, -0.2) is 58.7 Å². The zero-order valence-electron chi connectivity index (χ0n) is 17.5. The Morgan fingerprint density at radius 2 is 1.93 bits per heavy atom. The highest BCUT2D eigenvalue weighted by atomic mass is 19.3. The molecule has 7 nitrogen and oxygen atoms in total. The van der Waals surface area contributed by atoms with Gasteiger partial charge in [0.05, 0.1) is 30.0 Å². The Morgan fingerprint density at radius 1 is 1.13 bits per heavy atom. The van der Waals surface area contributed by atoms with Gasteiger partial charge in [0.2, 0.25) is 5.95 Å². The van der Waals surface area contributed by atoms with E-state index in [2.05, 4.69) is 15.0 Å². The van der Waals surface area contributed by atoms with Crippen molar-refractivity contribution in [1.82, 2.24) is 20.0 Å². The lowest BCUT2D eigenvalue weighted by molar-refractivity contribution is -0.0223. The molecular weight excluding hydrogens is 392 g/mol. The number of piperidine rings is 1. The quantitative estimate of drug-likeness (QED) is 0.758. The molecule has 162 valence electrons. The molecule has 2 aromatic rings. The molecule has 1 atom stereocenters. The summed E-state index contributed by atoms with van der Waals surface area (Å²) in [5.41, 5.74) is 3.91. The van der Waals surface area contributed by atoms with Crippen LogP contribution in [0.3, 0.4) is 0 Å². The number of rotatable bonds is 3. The fourth-order valence-corrected chi connectivity index (χ4v) is 4.93. The van der Waals surface area contributed by atoms with Gasteiger partial charge in [0.25, 0.3) is 5.92 Å². The van der Waals surface area contributed by atoms with E-state index in [0.717, 1.165) is 54.3 Å². The molecule has 0 aliphatic carbocycles. The van der Waals surface area contributed by atoms with Gasteiger partial charge < -0.3 is 14.2 Å². The summed E-state index contributed by atoms with van der Waals surface area (Å²) < 4.78 is 38.4. The van der Waals surface area contributed by atoms with Crippen molar-refractivity contribution in [3.63, 3.8) is 0 Å². The van der Waals surface area contributed by atoms with Crippen LogP contribution >= 0.6 is 0 Å². The van der Waals surface area contributed by atoms with Gasteiger partial charge in [-0.25, -0.2) is 18.7 Å². The van der Waals surface area contributed by atoms with E-state index in [-0.39, 0.29) is 31.3 Å². The smallest absolute Gasteiger partial charge is 0.251 e. The lowest BCUT2D eigenvalue weighted by Gasteiger charge is -2.36. The number of ether oxygens (including phenoxy) is 1. The van der Waals surface area contributed by atoms with E-state index >= 15 is 0 Å². The largest absolute Gasteiger partial charge is 0.376 e. The highest BCUT2D eigenvalue weighted by Crippen LogP contribution is 2.40. The second kappa shape index (κ2) is 7.23. The second-order valence-corrected chi connectivity index (χ2v) is 8.92. The molecular formula is C21H27F2N5O2. The third-order valence-electron chi connectivity index (χ3n) is 6.76. The molecule has 1 spiro atoms. The molecule has 2 aromatic heterocycles. The summed E-state index contributed by atoms with van der Waals surface area (Å²) in [6.45, 7) is 8.16. The number of likely N-dealkylation sites (tertiary alicyclic amines) is 1. The minimum Gasteiger partial charge on any atom is -0.376 e. The maximum absolute atomic E-state index is 13.6. The van der Waals surface area contributed by atoms with Gasteiger partial charge in [-0.15, -0.1) is 0 Å². The molecule has 5 rings (SSSR count). The third kappa shape index (κ3) is 3.47. The number of nitrogens with zero attached hydrogens (tertiary/aromatic N) is 5. The maximum Gasteiger partial charge on any atom is 0.251 e. The van der Waals surface area contributed by atoms with Crippen molar-refractivity contribution in [3.8, 4) is 0 Å². The normalized spacial score (nSPS) is 26.3. The molecule has 0 amide bonds. The van der Waals surface area contributed by atoms with Gasteiger partial charge in [-0.05, 0) is 26.8 Å². The fraction of sp³-hybridized carbons (Fsp3) is 0.667. The van der Waals surface area contributed by atoms with Crippen molar-refractivity contribution < 1.29 is 18.0 Å². The third-order valence-corrected chi connectivity index (χ3v) is 6.76. The topological polar surface area (TPSA) is 67.5 Å². The van der Waals surface area contributed by atoms with Crippen molar-refractivity contribution in [2.75, 3.05) is 37.7 Å². The van der Waals surface area contributed by atoms with E-state index in [0.29, 0.717) is 19.2 Å². The molecule has 0 bridgehead atoms. The van der Waals surface area contributed by atoms with Gasteiger partial charge in [0, 0.05) is 56.3 Å². The summed E-state index contributed by atoms with van der Waals surface area (Å²) in [4.78, 5) is 13.7. The van der Waals surface area contributed by atoms with E-state index in [9.17, 15) is 8.78 Å². The highest BCUT2D eigenvalue weighted by Gasteiger charge is 2.45. The van der Waals surface area contributed by atoms with E-state index in [4.69, 9.17) is 14.2 Å². The first-order valence-corrected chi connectivity index (χ1v) is 10.6. The number of fused-ring (bicyclic) bond motifs is 2. The van der Waals surface area contributed by atoms with Crippen LogP contribution in [0.1, 0.15) is 47.5 Å². The van der Waals surface area contributed by atoms with Crippen LogP contribution in [0.15, 0.2) is 10.7 Å². The van der Waals surface area contributed by atoms with Gasteiger partial charge >= 0.3 is 0 Å². The Kier molecular flexibility index (Phi) is 4.77. The zero-order valence-corrected chi connectivity index (χ0v) is 17.5. The monoisotopic (exact) mass is 419 g/mol. The van der Waals surface area contributed by atoms with Crippen LogP contribution in [0.4, 0.5) is 14.7 Å². The lowest BCUT2D eigenvalue weighted by atomic mass is 9.80. The molecule has 0 unspecified atom stereocenters. The van der Waals surface area contributed by atoms with E-state index < -0.39 is 5.92 Å².